The van der Waals surface area contributed by atoms with Gasteiger partial charge in [-0.2, -0.15) is 0 Å². The third-order valence-corrected chi connectivity index (χ3v) is 6.46. The van der Waals surface area contributed by atoms with E-state index in [0.717, 1.165) is 37.6 Å². The van der Waals surface area contributed by atoms with Crippen molar-refractivity contribution >= 4 is 34.4 Å². The van der Waals surface area contributed by atoms with Crippen molar-refractivity contribution in [2.75, 3.05) is 38.1 Å². The Labute approximate surface area is 201 Å². The number of carboxylic acid groups (broad SMARTS) is 1. The van der Waals surface area contributed by atoms with Gasteiger partial charge in [0.2, 0.25) is 0 Å². The number of hydrogen-bond acceptors (Lipinski definition) is 5. The van der Waals surface area contributed by atoms with Crippen LogP contribution in [0.1, 0.15) is 15.9 Å². The van der Waals surface area contributed by atoms with Gasteiger partial charge in [0.1, 0.15) is 5.82 Å². The van der Waals surface area contributed by atoms with E-state index in [4.69, 9.17) is 11.6 Å². The molecule has 0 spiro atoms. The molecule has 3 heterocycles. The van der Waals surface area contributed by atoms with E-state index < -0.39 is 5.97 Å². The van der Waals surface area contributed by atoms with Gasteiger partial charge in [-0.3, -0.25) is 9.13 Å². The standard InChI is InChI=1S/C25H24ClN5O3/c1-28-9-11-29(12-10-28)23-8-6-20(15-27-23)31-22-14-19(26)5-7-21(22)30(25(31)34)16-17-3-2-4-18(13-17)24(32)33/h2-8,13-15H,9-12,16H2,1H3,(H,32,33). The highest BCUT2D eigenvalue weighted by atomic mass is 35.5. The summed E-state index contributed by atoms with van der Waals surface area (Å²) < 4.78 is 3.23. The second-order valence-electron chi connectivity index (χ2n) is 8.51. The van der Waals surface area contributed by atoms with Crippen molar-refractivity contribution in [3.63, 3.8) is 0 Å². The van der Waals surface area contributed by atoms with E-state index in [1.807, 2.05) is 24.3 Å². The number of nitrogens with zero attached hydrogens (tertiary/aromatic N) is 5. The average Bonchev–Trinajstić information content (AvgIpc) is 3.10. The lowest BCUT2D eigenvalue weighted by molar-refractivity contribution is 0.0696. The molecule has 0 unspecified atom stereocenters. The van der Waals surface area contributed by atoms with Crippen LogP contribution in [-0.2, 0) is 6.54 Å². The quantitative estimate of drug-likeness (QED) is 0.474. The molecule has 0 saturated carbocycles. The van der Waals surface area contributed by atoms with Gasteiger partial charge in [-0.1, -0.05) is 23.7 Å². The molecule has 1 fully saturated rings. The zero-order valence-electron chi connectivity index (χ0n) is 18.7. The Morgan fingerprint density at radius 3 is 2.53 bits per heavy atom. The van der Waals surface area contributed by atoms with Crippen molar-refractivity contribution in [1.29, 1.82) is 0 Å². The lowest BCUT2D eigenvalue weighted by atomic mass is 10.1. The normalized spacial score (nSPS) is 14.6. The monoisotopic (exact) mass is 477 g/mol. The maximum absolute atomic E-state index is 13.6. The van der Waals surface area contributed by atoms with E-state index >= 15 is 0 Å². The molecular weight excluding hydrogens is 454 g/mol. The van der Waals surface area contributed by atoms with Crippen LogP contribution in [0.4, 0.5) is 5.82 Å². The number of likely N-dealkylation sites (N-methyl/N-ethyl adjacent to an activating group) is 1. The van der Waals surface area contributed by atoms with E-state index in [2.05, 4.69) is 21.8 Å². The zero-order chi connectivity index (χ0) is 23.8. The molecule has 8 nitrogen and oxygen atoms in total. The number of carboxylic acids is 1. The highest BCUT2D eigenvalue weighted by molar-refractivity contribution is 6.31. The number of aromatic nitrogens is 3. The number of piperazine rings is 1. The first-order chi connectivity index (χ1) is 16.4. The molecule has 4 aromatic rings. The van der Waals surface area contributed by atoms with Gasteiger partial charge < -0.3 is 14.9 Å². The molecule has 1 aliphatic rings. The number of imidazole rings is 1. The number of anilines is 1. The highest BCUT2D eigenvalue weighted by Gasteiger charge is 2.18. The number of halogens is 1. The van der Waals surface area contributed by atoms with Gasteiger partial charge in [0, 0.05) is 31.2 Å². The number of carbonyl (C=O) groups is 1. The lowest BCUT2D eigenvalue weighted by Crippen LogP contribution is -2.44. The van der Waals surface area contributed by atoms with E-state index in [9.17, 15) is 14.7 Å². The Morgan fingerprint density at radius 2 is 1.82 bits per heavy atom. The van der Waals surface area contributed by atoms with Crippen LogP contribution in [0, 0.1) is 0 Å². The molecule has 1 N–H and O–H groups in total. The summed E-state index contributed by atoms with van der Waals surface area (Å²) in [6, 6.07) is 15.8. The summed E-state index contributed by atoms with van der Waals surface area (Å²) in [6.07, 6.45) is 1.71. The Balaban J connectivity index is 1.55. The molecule has 0 atom stereocenters. The van der Waals surface area contributed by atoms with Crippen LogP contribution in [-0.4, -0.2) is 63.3 Å². The molecule has 34 heavy (non-hydrogen) atoms. The fraction of sp³-hybridized carbons (Fsp3) is 0.240. The van der Waals surface area contributed by atoms with Crippen LogP contribution in [0.15, 0.2) is 65.6 Å². The minimum absolute atomic E-state index is 0.182. The van der Waals surface area contributed by atoms with Crippen LogP contribution >= 0.6 is 11.6 Å². The summed E-state index contributed by atoms with van der Waals surface area (Å²) in [7, 11) is 2.11. The van der Waals surface area contributed by atoms with Gasteiger partial charge in [-0.05, 0) is 55.1 Å². The smallest absolute Gasteiger partial charge is 0.335 e. The van der Waals surface area contributed by atoms with Gasteiger partial charge in [0.25, 0.3) is 0 Å². The number of aromatic carboxylic acids is 1. The first-order valence-electron chi connectivity index (χ1n) is 11.0. The Morgan fingerprint density at radius 1 is 1.03 bits per heavy atom. The second kappa shape index (κ2) is 8.96. The predicted molar refractivity (Wildman–Crippen MR) is 133 cm³/mol. The summed E-state index contributed by atoms with van der Waals surface area (Å²) in [4.78, 5) is 34.1. The highest BCUT2D eigenvalue weighted by Crippen LogP contribution is 2.24. The van der Waals surface area contributed by atoms with Crippen molar-refractivity contribution in [2.24, 2.45) is 0 Å². The number of pyridine rings is 1. The molecule has 2 aromatic carbocycles. The van der Waals surface area contributed by atoms with Crippen molar-refractivity contribution < 1.29 is 9.90 Å². The van der Waals surface area contributed by atoms with E-state index in [0.29, 0.717) is 21.7 Å². The van der Waals surface area contributed by atoms with Crippen LogP contribution in [0.25, 0.3) is 16.7 Å². The third-order valence-electron chi connectivity index (χ3n) is 6.22. The summed E-state index contributed by atoms with van der Waals surface area (Å²) >= 11 is 6.28. The number of fused-ring (bicyclic) bond motifs is 1. The molecule has 0 amide bonds. The fourth-order valence-corrected chi connectivity index (χ4v) is 4.52. The molecule has 2 aromatic heterocycles. The number of benzene rings is 2. The molecule has 174 valence electrons. The van der Waals surface area contributed by atoms with Crippen LogP contribution in [0.5, 0.6) is 0 Å². The predicted octanol–water partition coefficient (Wildman–Crippen LogP) is 3.34. The van der Waals surface area contributed by atoms with Gasteiger partial charge >= 0.3 is 11.7 Å². The Kier molecular flexibility index (Phi) is 5.85. The summed E-state index contributed by atoms with van der Waals surface area (Å²) in [5.41, 5.74) is 2.68. The van der Waals surface area contributed by atoms with Gasteiger partial charge in [0.05, 0.1) is 35.0 Å². The summed E-state index contributed by atoms with van der Waals surface area (Å²) in [6.45, 7) is 4.02. The minimum atomic E-state index is -1.00. The summed E-state index contributed by atoms with van der Waals surface area (Å²) in [5, 5.41) is 9.84. The SMILES string of the molecule is CN1CCN(c2ccc(-n3c(=O)n(Cc4cccc(C(=O)O)c4)c4ccc(Cl)cc43)cn2)CC1. The van der Waals surface area contributed by atoms with E-state index in [-0.39, 0.29) is 17.8 Å². The Hall–Kier alpha value is -3.62. The maximum Gasteiger partial charge on any atom is 0.335 e. The van der Waals surface area contributed by atoms with Crippen LogP contribution in [0.3, 0.4) is 0 Å². The third kappa shape index (κ3) is 4.18. The minimum Gasteiger partial charge on any atom is -0.478 e. The molecule has 0 bridgehead atoms. The van der Waals surface area contributed by atoms with Crippen molar-refractivity contribution in [3.8, 4) is 5.69 Å². The number of hydrogen-bond donors (Lipinski definition) is 1. The molecule has 1 saturated heterocycles. The van der Waals surface area contributed by atoms with Crippen molar-refractivity contribution in [3.05, 3.63) is 87.4 Å². The van der Waals surface area contributed by atoms with Gasteiger partial charge in [-0.15, -0.1) is 0 Å². The van der Waals surface area contributed by atoms with E-state index in [1.54, 1.807) is 39.6 Å². The fourth-order valence-electron chi connectivity index (χ4n) is 4.35. The first-order valence-corrected chi connectivity index (χ1v) is 11.4. The van der Waals surface area contributed by atoms with E-state index in [1.165, 1.54) is 6.07 Å². The average molecular weight is 478 g/mol. The van der Waals surface area contributed by atoms with Crippen LogP contribution < -0.4 is 10.6 Å². The molecular formula is C25H24ClN5O3. The number of rotatable bonds is 5. The van der Waals surface area contributed by atoms with Crippen molar-refractivity contribution in [2.45, 2.75) is 6.54 Å². The van der Waals surface area contributed by atoms with Gasteiger partial charge in [-0.25, -0.2) is 14.6 Å². The maximum atomic E-state index is 13.6. The second-order valence-corrected chi connectivity index (χ2v) is 8.94. The van der Waals surface area contributed by atoms with Crippen LogP contribution in [0.2, 0.25) is 5.02 Å². The molecule has 0 aliphatic carbocycles. The molecule has 9 heteroatoms. The molecule has 0 radical (unpaired) electrons. The van der Waals surface area contributed by atoms with Gasteiger partial charge in [0.15, 0.2) is 0 Å². The largest absolute Gasteiger partial charge is 0.478 e. The topological polar surface area (TPSA) is 83.6 Å². The molecule has 5 rings (SSSR count). The first kappa shape index (κ1) is 22.2. The zero-order valence-corrected chi connectivity index (χ0v) is 19.4. The molecule has 1 aliphatic heterocycles. The lowest BCUT2D eigenvalue weighted by Gasteiger charge is -2.33. The van der Waals surface area contributed by atoms with Crippen molar-refractivity contribution in [1.82, 2.24) is 19.0 Å². The Bertz CT molecular complexity index is 1420. The summed E-state index contributed by atoms with van der Waals surface area (Å²) in [5.74, 6) is -0.118.